The highest BCUT2D eigenvalue weighted by molar-refractivity contribution is 5.92. The predicted molar refractivity (Wildman–Crippen MR) is 102 cm³/mol. The summed E-state index contributed by atoms with van der Waals surface area (Å²) in [6.07, 6.45) is -0.352. The lowest BCUT2D eigenvalue weighted by Crippen LogP contribution is -2.24. The predicted octanol–water partition coefficient (Wildman–Crippen LogP) is 2.29. The van der Waals surface area contributed by atoms with Crippen LogP contribution in [0.25, 0.3) is 0 Å². The van der Waals surface area contributed by atoms with E-state index in [0.29, 0.717) is 6.07 Å². The van der Waals surface area contributed by atoms with Crippen LogP contribution in [0, 0.1) is 25.5 Å². The van der Waals surface area contributed by atoms with E-state index in [1.54, 1.807) is 0 Å². The minimum atomic E-state index is -0.909. The second kappa shape index (κ2) is 8.80. The molecule has 0 aliphatic rings. The molecule has 2 aromatic heterocycles. The Hall–Kier alpha value is -3.63. The number of halogens is 2. The molecule has 158 valence electrons. The van der Waals surface area contributed by atoms with Crippen LogP contribution < -0.4 is 10.6 Å². The van der Waals surface area contributed by atoms with Crippen LogP contribution in [0.15, 0.2) is 22.7 Å². The first-order chi connectivity index (χ1) is 14.3. The highest BCUT2D eigenvalue weighted by atomic mass is 19.1. The minimum absolute atomic E-state index is 0.0497. The van der Waals surface area contributed by atoms with Crippen molar-refractivity contribution in [2.24, 2.45) is 0 Å². The molecule has 0 fully saturated rings. The third kappa shape index (κ3) is 4.67. The summed E-state index contributed by atoms with van der Waals surface area (Å²) in [5.41, 5.74) is 2.48. The maximum absolute atomic E-state index is 13.6. The zero-order valence-electron chi connectivity index (χ0n) is 16.6. The number of nitrogens with zero attached hydrogens (tertiary/aromatic N) is 4. The number of benzene rings is 1. The van der Waals surface area contributed by atoms with Crippen molar-refractivity contribution < 1.29 is 22.9 Å². The van der Waals surface area contributed by atoms with E-state index < -0.39 is 23.4 Å². The van der Waals surface area contributed by atoms with Gasteiger partial charge in [-0.1, -0.05) is 5.16 Å². The normalized spacial score (nSPS) is 10.8. The van der Waals surface area contributed by atoms with E-state index in [1.807, 2.05) is 25.5 Å². The number of aryl methyl sites for hydroxylation is 2. The highest BCUT2D eigenvalue weighted by Crippen LogP contribution is 2.15. The van der Waals surface area contributed by atoms with Crippen LogP contribution in [-0.4, -0.2) is 31.7 Å². The van der Waals surface area contributed by atoms with Crippen LogP contribution >= 0.6 is 0 Å². The molecule has 30 heavy (non-hydrogen) atoms. The van der Waals surface area contributed by atoms with Crippen molar-refractivity contribution in [3.63, 3.8) is 0 Å². The third-order valence-electron chi connectivity index (χ3n) is 4.44. The molecule has 0 saturated carbocycles. The summed E-state index contributed by atoms with van der Waals surface area (Å²) in [6, 6.07) is 2.77. The number of carbonyl (C=O) groups excluding carboxylic acids is 2. The van der Waals surface area contributed by atoms with E-state index in [9.17, 15) is 18.4 Å². The largest absolute Gasteiger partial charge is 0.344 e. The van der Waals surface area contributed by atoms with Gasteiger partial charge in [-0.15, -0.1) is 0 Å². The molecule has 0 aliphatic carbocycles. The van der Waals surface area contributed by atoms with Gasteiger partial charge in [0, 0.05) is 30.4 Å². The van der Waals surface area contributed by atoms with Gasteiger partial charge < -0.3 is 15.2 Å². The molecule has 2 N–H and O–H groups in total. The number of aromatic nitrogens is 4. The fourth-order valence-corrected chi connectivity index (χ4v) is 2.89. The van der Waals surface area contributed by atoms with Gasteiger partial charge >= 0.3 is 11.8 Å². The van der Waals surface area contributed by atoms with Gasteiger partial charge in [-0.2, -0.15) is 10.1 Å². The van der Waals surface area contributed by atoms with E-state index in [4.69, 9.17) is 4.52 Å². The molecular weight excluding hydrogens is 398 g/mol. The molecule has 9 nitrogen and oxygen atoms in total. The monoisotopic (exact) mass is 418 g/mol. The van der Waals surface area contributed by atoms with E-state index in [1.165, 1.54) is 0 Å². The first-order valence-corrected chi connectivity index (χ1v) is 9.17. The SMILES string of the molecule is CCn1nc(C)c(CNC(=O)c2nc(CC(=O)Nc3ccc(F)cc3F)no2)c1C. The fraction of sp³-hybridized carbons (Fsp3) is 0.316. The van der Waals surface area contributed by atoms with Gasteiger partial charge in [0.1, 0.15) is 11.6 Å². The Morgan fingerprint density at radius 3 is 2.67 bits per heavy atom. The number of carbonyl (C=O) groups is 2. The zero-order chi connectivity index (χ0) is 21.8. The van der Waals surface area contributed by atoms with Crippen LogP contribution in [-0.2, 0) is 24.3 Å². The topological polar surface area (TPSA) is 115 Å². The molecule has 0 atom stereocenters. The molecule has 0 radical (unpaired) electrons. The summed E-state index contributed by atoms with van der Waals surface area (Å²) in [5, 5.41) is 12.9. The lowest BCUT2D eigenvalue weighted by atomic mass is 10.2. The van der Waals surface area contributed by atoms with Gasteiger partial charge in [-0.05, 0) is 32.9 Å². The molecule has 3 aromatic rings. The molecule has 0 unspecified atom stereocenters. The van der Waals surface area contributed by atoms with Crippen LogP contribution in [0.4, 0.5) is 14.5 Å². The second-order valence-electron chi connectivity index (χ2n) is 6.51. The Bertz CT molecular complexity index is 1090. The van der Waals surface area contributed by atoms with Crippen molar-refractivity contribution in [2.45, 2.75) is 40.3 Å². The van der Waals surface area contributed by atoms with E-state index >= 15 is 0 Å². The number of amides is 2. The Labute approximate surface area is 170 Å². The molecule has 0 bridgehead atoms. The van der Waals surface area contributed by atoms with Crippen molar-refractivity contribution in [3.05, 3.63) is 58.5 Å². The lowest BCUT2D eigenvalue weighted by Gasteiger charge is -2.04. The molecule has 0 spiro atoms. The maximum Gasteiger partial charge on any atom is 0.315 e. The standard InChI is InChI=1S/C19H20F2N6O3/c1-4-27-11(3)13(10(2)25-27)9-22-18(29)19-24-16(26-30-19)8-17(28)23-15-6-5-12(20)7-14(15)21/h5-7H,4,8-9H2,1-3H3,(H,22,29)(H,23,28). The van der Waals surface area contributed by atoms with Crippen molar-refractivity contribution in [2.75, 3.05) is 5.32 Å². The van der Waals surface area contributed by atoms with Crippen LogP contribution in [0.2, 0.25) is 0 Å². The third-order valence-corrected chi connectivity index (χ3v) is 4.44. The van der Waals surface area contributed by atoms with Crippen molar-refractivity contribution in [3.8, 4) is 0 Å². The molecule has 2 amide bonds. The van der Waals surface area contributed by atoms with Gasteiger partial charge in [0.15, 0.2) is 5.82 Å². The van der Waals surface area contributed by atoms with E-state index in [0.717, 1.165) is 35.6 Å². The second-order valence-corrected chi connectivity index (χ2v) is 6.51. The van der Waals surface area contributed by atoms with Gasteiger partial charge in [-0.3, -0.25) is 14.3 Å². The van der Waals surface area contributed by atoms with Crippen LogP contribution in [0.1, 0.15) is 40.4 Å². The molecule has 3 rings (SSSR count). The number of rotatable bonds is 7. The Balaban J connectivity index is 1.58. The zero-order valence-corrected chi connectivity index (χ0v) is 16.6. The number of anilines is 1. The average Bonchev–Trinajstić information content (AvgIpc) is 3.26. The molecule has 0 saturated heterocycles. The average molecular weight is 418 g/mol. The van der Waals surface area contributed by atoms with Crippen molar-refractivity contribution in [1.29, 1.82) is 0 Å². The summed E-state index contributed by atoms with van der Waals surface area (Å²) < 4.78 is 33.3. The summed E-state index contributed by atoms with van der Waals surface area (Å²) in [5.74, 6) is -3.26. The first kappa shape index (κ1) is 21.1. The number of nitrogens with one attached hydrogen (secondary N) is 2. The Morgan fingerprint density at radius 1 is 1.23 bits per heavy atom. The van der Waals surface area contributed by atoms with Crippen molar-refractivity contribution >= 4 is 17.5 Å². The van der Waals surface area contributed by atoms with Crippen LogP contribution in [0.5, 0.6) is 0 Å². The van der Waals surface area contributed by atoms with E-state index in [2.05, 4.69) is 25.9 Å². The fourth-order valence-electron chi connectivity index (χ4n) is 2.89. The quantitative estimate of drug-likeness (QED) is 0.608. The molecule has 2 heterocycles. The molecule has 1 aromatic carbocycles. The Morgan fingerprint density at radius 2 is 2.00 bits per heavy atom. The highest BCUT2D eigenvalue weighted by Gasteiger charge is 2.19. The maximum atomic E-state index is 13.6. The minimum Gasteiger partial charge on any atom is -0.344 e. The summed E-state index contributed by atoms with van der Waals surface area (Å²) in [4.78, 5) is 28.2. The van der Waals surface area contributed by atoms with Gasteiger partial charge in [0.05, 0.1) is 17.8 Å². The lowest BCUT2D eigenvalue weighted by molar-refractivity contribution is -0.115. The number of hydrogen-bond donors (Lipinski definition) is 2. The molecule has 0 aliphatic heterocycles. The van der Waals surface area contributed by atoms with E-state index in [-0.39, 0.29) is 30.4 Å². The van der Waals surface area contributed by atoms with Crippen LogP contribution in [0.3, 0.4) is 0 Å². The smallest absolute Gasteiger partial charge is 0.315 e. The summed E-state index contributed by atoms with van der Waals surface area (Å²) >= 11 is 0. The molecular formula is C19H20F2N6O3. The first-order valence-electron chi connectivity index (χ1n) is 9.17. The Kier molecular flexibility index (Phi) is 6.19. The van der Waals surface area contributed by atoms with Gasteiger partial charge in [-0.25, -0.2) is 8.78 Å². The summed E-state index contributed by atoms with van der Waals surface area (Å²) in [7, 11) is 0. The van der Waals surface area contributed by atoms with Gasteiger partial charge in [0.2, 0.25) is 5.91 Å². The van der Waals surface area contributed by atoms with Crippen molar-refractivity contribution in [1.82, 2.24) is 25.2 Å². The van der Waals surface area contributed by atoms with Gasteiger partial charge in [0.25, 0.3) is 0 Å². The summed E-state index contributed by atoms with van der Waals surface area (Å²) in [6.45, 7) is 6.70. The molecule has 11 heteroatoms. The number of hydrogen-bond acceptors (Lipinski definition) is 6.